The molecule has 0 aromatic heterocycles. The first kappa shape index (κ1) is 13.2. The van der Waals surface area contributed by atoms with Crippen molar-refractivity contribution in [3.63, 3.8) is 0 Å². The smallest absolute Gasteiger partial charge is 0.0546 e. The first-order valence-corrected chi connectivity index (χ1v) is 7.10. The van der Waals surface area contributed by atoms with E-state index in [-0.39, 0.29) is 13.2 Å². The fourth-order valence-corrected chi connectivity index (χ4v) is 2.72. The van der Waals surface area contributed by atoms with Crippen molar-refractivity contribution in [2.75, 3.05) is 36.2 Å². The quantitative estimate of drug-likeness (QED) is 0.550. The van der Waals surface area contributed by atoms with Gasteiger partial charge in [-0.05, 0) is 6.42 Å². The Bertz CT molecular complexity index is 154. The first-order valence-electron chi connectivity index (χ1n) is 4.12. The molecule has 0 radical (unpaired) electrons. The summed E-state index contributed by atoms with van der Waals surface area (Å²) in [5, 5.41) is 16.9. The number of hydrogen-bond acceptors (Lipinski definition) is 4. The molecule has 0 aliphatic rings. The van der Waals surface area contributed by atoms with Gasteiger partial charge in [0.05, 0.1) is 13.2 Å². The molecule has 80 valence electrons. The topological polar surface area (TPSA) is 74.6 Å². The average molecular weight is 228 g/mol. The molecule has 0 heterocycles. The summed E-state index contributed by atoms with van der Waals surface area (Å²) in [6.45, 7) is -0.126. The van der Waals surface area contributed by atoms with Gasteiger partial charge < -0.3 is 10.2 Å². The third-order valence-corrected chi connectivity index (χ3v) is 4.15. The third-order valence-electron chi connectivity index (χ3n) is 1.38. The summed E-state index contributed by atoms with van der Waals surface area (Å²) in [6, 6.07) is 0. The molecule has 4 nitrogen and oxygen atoms in total. The minimum absolute atomic E-state index is 0.0632. The molecule has 0 amide bonds. The summed E-state index contributed by atoms with van der Waals surface area (Å²) in [7, 11) is -1.97. The first-order chi connectivity index (χ1) is 6.20. The van der Waals surface area contributed by atoms with Gasteiger partial charge in [0.15, 0.2) is 0 Å². The molecule has 2 atom stereocenters. The van der Waals surface area contributed by atoms with Crippen LogP contribution in [0.4, 0.5) is 0 Å². The monoisotopic (exact) mass is 228 g/mol. The van der Waals surface area contributed by atoms with E-state index in [1.807, 2.05) is 0 Å². The average Bonchev–Trinajstić information content (AvgIpc) is 2.05. The van der Waals surface area contributed by atoms with Crippen LogP contribution in [0.1, 0.15) is 6.42 Å². The Morgan fingerprint density at radius 3 is 1.46 bits per heavy atom. The maximum absolute atomic E-state index is 11.0. The van der Waals surface area contributed by atoms with Crippen molar-refractivity contribution < 1.29 is 18.6 Å². The lowest BCUT2D eigenvalue weighted by molar-refractivity contribution is 0.321. The van der Waals surface area contributed by atoms with Gasteiger partial charge in [0.1, 0.15) is 0 Å². The van der Waals surface area contributed by atoms with Gasteiger partial charge in [0.25, 0.3) is 0 Å². The van der Waals surface area contributed by atoms with Gasteiger partial charge in [0.2, 0.25) is 0 Å². The second-order valence-corrected chi connectivity index (χ2v) is 5.89. The van der Waals surface area contributed by atoms with Crippen LogP contribution in [0, 0.1) is 0 Å². The SMILES string of the molecule is O=[S@](CCO)CCC[S@](=O)CCO. The van der Waals surface area contributed by atoms with E-state index in [1.54, 1.807) is 0 Å². The van der Waals surface area contributed by atoms with Crippen LogP contribution in [-0.2, 0) is 21.6 Å². The third kappa shape index (κ3) is 8.55. The standard InChI is InChI=1S/C7H16O4S2/c8-2-6-12(10)4-1-5-13(11)7-3-9/h8-9H,1-7H2/t12-,13-/m0/s1. The minimum Gasteiger partial charge on any atom is -0.395 e. The minimum atomic E-state index is -0.987. The van der Waals surface area contributed by atoms with Crippen molar-refractivity contribution in [2.45, 2.75) is 6.42 Å². The Morgan fingerprint density at radius 2 is 1.15 bits per heavy atom. The summed E-state index contributed by atoms with van der Waals surface area (Å²) in [5.41, 5.74) is 0. The molecule has 0 aromatic carbocycles. The van der Waals surface area contributed by atoms with E-state index in [0.717, 1.165) is 0 Å². The Labute approximate surface area is 83.3 Å². The summed E-state index contributed by atoms with van der Waals surface area (Å²) in [5.74, 6) is 1.56. The Balaban J connectivity index is 3.33. The van der Waals surface area contributed by atoms with Crippen molar-refractivity contribution in [3.05, 3.63) is 0 Å². The summed E-state index contributed by atoms with van der Waals surface area (Å²) in [6.07, 6.45) is 0.624. The lowest BCUT2D eigenvalue weighted by Gasteiger charge is -2.00. The van der Waals surface area contributed by atoms with Crippen molar-refractivity contribution in [1.29, 1.82) is 0 Å². The largest absolute Gasteiger partial charge is 0.395 e. The maximum atomic E-state index is 11.0. The molecule has 0 rings (SSSR count). The second kappa shape index (κ2) is 8.80. The molecule has 0 spiro atoms. The van der Waals surface area contributed by atoms with Crippen molar-refractivity contribution in [3.8, 4) is 0 Å². The predicted octanol–water partition coefficient (Wildman–Crippen LogP) is -1.14. The second-order valence-electron chi connectivity index (χ2n) is 2.50. The molecule has 0 bridgehead atoms. The Kier molecular flexibility index (Phi) is 8.95. The van der Waals surface area contributed by atoms with E-state index >= 15 is 0 Å². The zero-order chi connectivity index (χ0) is 10.1. The molecule has 0 aliphatic heterocycles. The van der Waals surface area contributed by atoms with E-state index in [4.69, 9.17) is 10.2 Å². The Morgan fingerprint density at radius 1 is 0.769 bits per heavy atom. The van der Waals surface area contributed by atoms with Crippen LogP contribution in [0.15, 0.2) is 0 Å². The van der Waals surface area contributed by atoms with E-state index in [9.17, 15) is 8.42 Å². The highest BCUT2D eigenvalue weighted by molar-refractivity contribution is 7.85. The molecule has 0 saturated heterocycles. The number of aliphatic hydroxyl groups excluding tert-OH is 2. The van der Waals surface area contributed by atoms with Gasteiger partial charge in [0, 0.05) is 44.6 Å². The molecule has 0 fully saturated rings. The Hall–Kier alpha value is 0.220. The summed E-state index contributed by atoms with van der Waals surface area (Å²) in [4.78, 5) is 0. The molecular formula is C7H16O4S2. The van der Waals surface area contributed by atoms with Crippen molar-refractivity contribution in [1.82, 2.24) is 0 Å². The molecule has 0 aromatic rings. The molecule has 6 heteroatoms. The highest BCUT2D eigenvalue weighted by atomic mass is 32.2. The fourth-order valence-electron chi connectivity index (χ4n) is 0.789. The van der Waals surface area contributed by atoms with Gasteiger partial charge in [-0.15, -0.1) is 0 Å². The van der Waals surface area contributed by atoms with Crippen LogP contribution >= 0.6 is 0 Å². The van der Waals surface area contributed by atoms with Crippen LogP contribution in [-0.4, -0.2) is 54.9 Å². The van der Waals surface area contributed by atoms with E-state index in [2.05, 4.69) is 0 Å². The van der Waals surface area contributed by atoms with Crippen LogP contribution in [0.2, 0.25) is 0 Å². The van der Waals surface area contributed by atoms with Gasteiger partial charge in [-0.25, -0.2) is 0 Å². The lowest BCUT2D eigenvalue weighted by atomic mass is 10.6. The highest BCUT2D eigenvalue weighted by Gasteiger charge is 2.01. The van der Waals surface area contributed by atoms with Crippen LogP contribution in [0.25, 0.3) is 0 Å². The molecule has 13 heavy (non-hydrogen) atoms. The van der Waals surface area contributed by atoms with Crippen LogP contribution in [0.3, 0.4) is 0 Å². The number of rotatable bonds is 8. The van der Waals surface area contributed by atoms with Crippen molar-refractivity contribution in [2.24, 2.45) is 0 Å². The molecule has 2 N–H and O–H groups in total. The summed E-state index contributed by atoms with van der Waals surface area (Å²) < 4.78 is 22.0. The fraction of sp³-hybridized carbons (Fsp3) is 1.00. The summed E-state index contributed by atoms with van der Waals surface area (Å²) >= 11 is 0. The van der Waals surface area contributed by atoms with Crippen LogP contribution < -0.4 is 0 Å². The zero-order valence-corrected chi connectivity index (χ0v) is 9.11. The molecular weight excluding hydrogens is 212 g/mol. The van der Waals surface area contributed by atoms with Crippen molar-refractivity contribution >= 4 is 21.6 Å². The lowest BCUT2D eigenvalue weighted by Crippen LogP contribution is -2.11. The van der Waals surface area contributed by atoms with Gasteiger partial charge >= 0.3 is 0 Å². The van der Waals surface area contributed by atoms with E-state index in [0.29, 0.717) is 29.4 Å². The van der Waals surface area contributed by atoms with Crippen LogP contribution in [0.5, 0.6) is 0 Å². The molecule has 0 unspecified atom stereocenters. The molecule has 0 saturated carbocycles. The van der Waals surface area contributed by atoms with E-state index in [1.165, 1.54) is 0 Å². The van der Waals surface area contributed by atoms with Gasteiger partial charge in [-0.3, -0.25) is 8.42 Å². The molecule has 0 aliphatic carbocycles. The van der Waals surface area contributed by atoms with Gasteiger partial charge in [-0.1, -0.05) is 0 Å². The normalized spacial score (nSPS) is 15.5. The number of hydrogen-bond donors (Lipinski definition) is 2. The number of aliphatic hydroxyl groups is 2. The highest BCUT2D eigenvalue weighted by Crippen LogP contribution is 1.91. The zero-order valence-electron chi connectivity index (χ0n) is 7.48. The van der Waals surface area contributed by atoms with E-state index < -0.39 is 21.6 Å². The predicted molar refractivity (Wildman–Crippen MR) is 54.5 cm³/mol. The van der Waals surface area contributed by atoms with Gasteiger partial charge in [-0.2, -0.15) is 0 Å². The maximum Gasteiger partial charge on any atom is 0.0546 e.